The first-order chi connectivity index (χ1) is 6.11. The highest BCUT2D eigenvalue weighted by molar-refractivity contribution is 5.85. The molecule has 0 radical (unpaired) electrons. The van der Waals surface area contributed by atoms with Crippen molar-refractivity contribution in [2.24, 2.45) is 5.73 Å². The first-order valence-electron chi connectivity index (χ1n) is 4.32. The molecule has 70 valence electrons. The van der Waals surface area contributed by atoms with Crippen molar-refractivity contribution in [3.8, 4) is 0 Å². The molecular weight excluding hydrogens is 164 g/mol. The SMILES string of the molecule is CCC(C)(C(N)=O)c1ccccn1. The third-order valence-corrected chi connectivity index (χ3v) is 2.48. The van der Waals surface area contributed by atoms with E-state index >= 15 is 0 Å². The van der Waals surface area contributed by atoms with Gasteiger partial charge >= 0.3 is 0 Å². The van der Waals surface area contributed by atoms with Gasteiger partial charge in [-0.1, -0.05) is 13.0 Å². The van der Waals surface area contributed by atoms with Gasteiger partial charge in [-0.3, -0.25) is 9.78 Å². The Morgan fingerprint density at radius 3 is 2.69 bits per heavy atom. The predicted octanol–water partition coefficient (Wildman–Crippen LogP) is 1.23. The van der Waals surface area contributed by atoms with Crippen LogP contribution in [0.25, 0.3) is 0 Å². The summed E-state index contributed by atoms with van der Waals surface area (Å²) in [5, 5.41) is 0. The normalized spacial score (nSPS) is 14.9. The van der Waals surface area contributed by atoms with Crippen LogP contribution in [0.5, 0.6) is 0 Å². The number of hydrogen-bond donors (Lipinski definition) is 1. The van der Waals surface area contributed by atoms with Gasteiger partial charge in [-0.15, -0.1) is 0 Å². The van der Waals surface area contributed by atoms with Gasteiger partial charge in [0.25, 0.3) is 0 Å². The minimum atomic E-state index is -0.638. The molecular formula is C10H14N2O. The molecule has 0 saturated carbocycles. The summed E-state index contributed by atoms with van der Waals surface area (Å²) in [6, 6.07) is 5.51. The van der Waals surface area contributed by atoms with Crippen molar-refractivity contribution in [1.29, 1.82) is 0 Å². The Morgan fingerprint density at radius 1 is 1.62 bits per heavy atom. The van der Waals surface area contributed by atoms with E-state index in [1.165, 1.54) is 0 Å². The molecule has 0 fully saturated rings. The maximum atomic E-state index is 11.2. The van der Waals surface area contributed by atoms with Crippen molar-refractivity contribution in [2.45, 2.75) is 25.7 Å². The van der Waals surface area contributed by atoms with Crippen molar-refractivity contribution < 1.29 is 4.79 Å². The largest absolute Gasteiger partial charge is 0.369 e. The van der Waals surface area contributed by atoms with Crippen LogP contribution in [0, 0.1) is 0 Å². The fourth-order valence-corrected chi connectivity index (χ4v) is 1.17. The van der Waals surface area contributed by atoms with E-state index in [0.717, 1.165) is 5.69 Å². The van der Waals surface area contributed by atoms with Gasteiger partial charge in [0.05, 0.1) is 11.1 Å². The summed E-state index contributed by atoms with van der Waals surface area (Å²) in [4.78, 5) is 15.4. The van der Waals surface area contributed by atoms with Crippen LogP contribution in [0.3, 0.4) is 0 Å². The average molecular weight is 178 g/mol. The number of carbonyl (C=O) groups excluding carboxylic acids is 1. The summed E-state index contributed by atoms with van der Waals surface area (Å²) in [6.45, 7) is 3.75. The molecule has 1 amide bonds. The molecule has 1 aromatic heterocycles. The van der Waals surface area contributed by atoms with Crippen LogP contribution in [-0.2, 0) is 10.2 Å². The highest BCUT2D eigenvalue weighted by Crippen LogP contribution is 2.24. The highest BCUT2D eigenvalue weighted by atomic mass is 16.1. The highest BCUT2D eigenvalue weighted by Gasteiger charge is 2.32. The van der Waals surface area contributed by atoms with E-state index in [4.69, 9.17) is 5.73 Å². The molecule has 0 saturated heterocycles. The molecule has 1 heterocycles. The summed E-state index contributed by atoms with van der Waals surface area (Å²) < 4.78 is 0. The lowest BCUT2D eigenvalue weighted by molar-refractivity contribution is -0.123. The van der Waals surface area contributed by atoms with Crippen molar-refractivity contribution >= 4 is 5.91 Å². The van der Waals surface area contributed by atoms with Gasteiger partial charge in [0, 0.05) is 6.20 Å². The van der Waals surface area contributed by atoms with Crippen LogP contribution in [-0.4, -0.2) is 10.9 Å². The zero-order valence-electron chi connectivity index (χ0n) is 7.95. The number of carbonyl (C=O) groups is 1. The van der Waals surface area contributed by atoms with Crippen LogP contribution in [0.4, 0.5) is 0 Å². The number of rotatable bonds is 3. The second-order valence-corrected chi connectivity index (χ2v) is 3.26. The van der Waals surface area contributed by atoms with Gasteiger partial charge < -0.3 is 5.73 Å². The fourth-order valence-electron chi connectivity index (χ4n) is 1.17. The molecule has 0 aliphatic heterocycles. The number of nitrogens with zero attached hydrogens (tertiary/aromatic N) is 1. The van der Waals surface area contributed by atoms with Crippen molar-refractivity contribution in [3.63, 3.8) is 0 Å². The topological polar surface area (TPSA) is 56.0 Å². The lowest BCUT2D eigenvalue weighted by atomic mass is 9.83. The molecule has 1 aromatic rings. The van der Waals surface area contributed by atoms with Gasteiger partial charge in [0.15, 0.2) is 0 Å². The van der Waals surface area contributed by atoms with Crippen LogP contribution in [0.2, 0.25) is 0 Å². The summed E-state index contributed by atoms with van der Waals surface area (Å²) >= 11 is 0. The molecule has 1 unspecified atom stereocenters. The zero-order valence-corrected chi connectivity index (χ0v) is 7.95. The molecule has 0 aromatic carbocycles. The van der Waals surface area contributed by atoms with Gasteiger partial charge in [-0.25, -0.2) is 0 Å². The maximum absolute atomic E-state index is 11.2. The Labute approximate surface area is 78.0 Å². The molecule has 2 N–H and O–H groups in total. The van der Waals surface area contributed by atoms with E-state index in [1.807, 2.05) is 32.0 Å². The van der Waals surface area contributed by atoms with Gasteiger partial charge in [0.1, 0.15) is 0 Å². The van der Waals surface area contributed by atoms with E-state index in [2.05, 4.69) is 4.98 Å². The monoisotopic (exact) mass is 178 g/mol. The lowest BCUT2D eigenvalue weighted by Gasteiger charge is -2.23. The molecule has 0 aliphatic rings. The summed E-state index contributed by atoms with van der Waals surface area (Å²) in [7, 11) is 0. The number of pyridine rings is 1. The number of hydrogen-bond acceptors (Lipinski definition) is 2. The Kier molecular flexibility index (Phi) is 2.66. The Morgan fingerprint density at radius 2 is 2.31 bits per heavy atom. The summed E-state index contributed by atoms with van der Waals surface area (Å²) in [5.74, 6) is -0.325. The van der Waals surface area contributed by atoms with Crippen LogP contribution >= 0.6 is 0 Å². The Hall–Kier alpha value is -1.38. The van der Waals surface area contributed by atoms with Crippen molar-refractivity contribution in [3.05, 3.63) is 30.1 Å². The smallest absolute Gasteiger partial charge is 0.229 e. The number of aromatic nitrogens is 1. The Bertz CT molecular complexity index is 297. The molecule has 13 heavy (non-hydrogen) atoms. The van der Waals surface area contributed by atoms with E-state index in [1.54, 1.807) is 6.20 Å². The second-order valence-electron chi connectivity index (χ2n) is 3.26. The van der Waals surface area contributed by atoms with Crippen LogP contribution < -0.4 is 5.73 Å². The first kappa shape index (κ1) is 9.71. The standard InChI is InChI=1S/C10H14N2O/c1-3-10(2,9(11)13)8-6-4-5-7-12-8/h4-7H,3H2,1-2H3,(H2,11,13). The summed E-state index contributed by atoms with van der Waals surface area (Å²) in [6.07, 6.45) is 2.34. The van der Waals surface area contributed by atoms with Crippen LogP contribution in [0.1, 0.15) is 26.0 Å². The molecule has 0 bridgehead atoms. The fraction of sp³-hybridized carbons (Fsp3) is 0.400. The predicted molar refractivity (Wildman–Crippen MR) is 51.1 cm³/mol. The molecule has 1 rings (SSSR count). The van der Waals surface area contributed by atoms with Crippen molar-refractivity contribution in [2.75, 3.05) is 0 Å². The third-order valence-electron chi connectivity index (χ3n) is 2.48. The van der Waals surface area contributed by atoms with Crippen LogP contribution in [0.15, 0.2) is 24.4 Å². The Balaban J connectivity index is 3.11. The molecule has 3 nitrogen and oxygen atoms in total. The van der Waals surface area contributed by atoms with Gasteiger partial charge in [-0.2, -0.15) is 0 Å². The van der Waals surface area contributed by atoms with E-state index < -0.39 is 5.41 Å². The van der Waals surface area contributed by atoms with Crippen molar-refractivity contribution in [1.82, 2.24) is 4.98 Å². The molecule has 0 spiro atoms. The third kappa shape index (κ3) is 1.69. The van der Waals surface area contributed by atoms with E-state index in [0.29, 0.717) is 6.42 Å². The lowest BCUT2D eigenvalue weighted by Crippen LogP contribution is -2.38. The quantitative estimate of drug-likeness (QED) is 0.757. The second kappa shape index (κ2) is 3.56. The maximum Gasteiger partial charge on any atom is 0.229 e. The van der Waals surface area contributed by atoms with Gasteiger partial charge in [0.2, 0.25) is 5.91 Å². The molecule has 1 atom stereocenters. The number of amides is 1. The average Bonchev–Trinajstić information content (AvgIpc) is 2.17. The summed E-state index contributed by atoms with van der Waals surface area (Å²) in [5.41, 5.74) is 5.44. The zero-order chi connectivity index (χ0) is 9.90. The molecule has 3 heteroatoms. The minimum Gasteiger partial charge on any atom is -0.369 e. The number of nitrogens with two attached hydrogens (primary N) is 1. The first-order valence-corrected chi connectivity index (χ1v) is 4.32. The minimum absolute atomic E-state index is 0.325. The van der Waals surface area contributed by atoms with Gasteiger partial charge in [-0.05, 0) is 25.5 Å². The van der Waals surface area contributed by atoms with E-state index in [-0.39, 0.29) is 5.91 Å². The molecule has 0 aliphatic carbocycles. The van der Waals surface area contributed by atoms with E-state index in [9.17, 15) is 4.79 Å². The number of primary amides is 1.